The van der Waals surface area contributed by atoms with E-state index in [1.54, 1.807) is 19.1 Å². The van der Waals surface area contributed by atoms with E-state index in [2.05, 4.69) is 15.5 Å². The van der Waals surface area contributed by atoms with Crippen molar-refractivity contribution in [1.82, 2.24) is 15.5 Å². The molecule has 0 amide bonds. The standard InChI is InChI=1S/C21H23Cl2N3O3/c1-5-6-10-28-21(27)17-12(3)24-11(2)16(20-25-13(4)26-29-20)18(17)14-8-7-9-15(22)19(14)23/h7-9,18,24H,5-6,10H2,1-4H3. The first-order chi connectivity index (χ1) is 13.8. The zero-order valence-corrected chi connectivity index (χ0v) is 18.3. The largest absolute Gasteiger partial charge is 0.462 e. The molecule has 0 saturated heterocycles. The molecule has 2 heterocycles. The maximum Gasteiger partial charge on any atom is 0.336 e. The molecular formula is C21H23Cl2N3O3. The fraction of sp³-hybridized carbons (Fsp3) is 0.381. The number of unbranched alkanes of at least 4 members (excludes halogenated alkanes) is 1. The monoisotopic (exact) mass is 435 g/mol. The van der Waals surface area contributed by atoms with Crippen molar-refractivity contribution in [3.05, 3.63) is 62.5 Å². The molecule has 0 radical (unpaired) electrons. The number of esters is 1. The summed E-state index contributed by atoms with van der Waals surface area (Å²) >= 11 is 12.8. The van der Waals surface area contributed by atoms with Gasteiger partial charge in [0.2, 0.25) is 0 Å². The van der Waals surface area contributed by atoms with Gasteiger partial charge in [0, 0.05) is 17.0 Å². The lowest BCUT2D eigenvalue weighted by Gasteiger charge is -2.30. The summed E-state index contributed by atoms with van der Waals surface area (Å²) in [5.74, 6) is -0.156. The normalized spacial score (nSPS) is 16.8. The number of nitrogens with zero attached hydrogens (tertiary/aromatic N) is 2. The average molecular weight is 436 g/mol. The summed E-state index contributed by atoms with van der Waals surface area (Å²) in [4.78, 5) is 17.4. The number of rotatable bonds is 6. The van der Waals surface area contributed by atoms with Gasteiger partial charge in [0.05, 0.1) is 28.1 Å². The lowest BCUT2D eigenvalue weighted by molar-refractivity contribution is -0.139. The Bertz CT molecular complexity index is 995. The second kappa shape index (κ2) is 9.01. The molecule has 29 heavy (non-hydrogen) atoms. The molecule has 8 heteroatoms. The molecule has 3 rings (SSSR count). The number of aryl methyl sites for hydroxylation is 1. The van der Waals surface area contributed by atoms with Gasteiger partial charge in [-0.3, -0.25) is 0 Å². The molecule has 6 nitrogen and oxygen atoms in total. The smallest absolute Gasteiger partial charge is 0.336 e. The number of carbonyl (C=O) groups is 1. The number of carbonyl (C=O) groups excluding carboxylic acids is 1. The Balaban J connectivity index is 2.17. The van der Waals surface area contributed by atoms with Crippen LogP contribution < -0.4 is 5.32 Å². The Morgan fingerprint density at radius 3 is 2.66 bits per heavy atom. The van der Waals surface area contributed by atoms with Gasteiger partial charge in [-0.05, 0) is 38.8 Å². The van der Waals surface area contributed by atoms with E-state index in [-0.39, 0.29) is 0 Å². The molecule has 0 bridgehead atoms. The minimum absolute atomic E-state index is 0.319. The van der Waals surface area contributed by atoms with Crippen LogP contribution in [0.2, 0.25) is 10.0 Å². The topological polar surface area (TPSA) is 77.2 Å². The number of ether oxygens (including phenoxy) is 1. The highest BCUT2D eigenvalue weighted by Crippen LogP contribution is 2.46. The third-order valence-corrected chi connectivity index (χ3v) is 5.60. The van der Waals surface area contributed by atoms with Crippen molar-refractivity contribution in [3.63, 3.8) is 0 Å². The van der Waals surface area contributed by atoms with Crippen LogP contribution in [0.4, 0.5) is 0 Å². The van der Waals surface area contributed by atoms with E-state index in [4.69, 9.17) is 32.5 Å². The molecule has 0 aliphatic carbocycles. The lowest BCUT2D eigenvalue weighted by Crippen LogP contribution is -2.29. The molecule has 1 aliphatic heterocycles. The average Bonchev–Trinajstić information content (AvgIpc) is 3.09. The van der Waals surface area contributed by atoms with Gasteiger partial charge in [-0.15, -0.1) is 0 Å². The number of dihydropyridines is 1. The number of hydrogen-bond donors (Lipinski definition) is 1. The van der Waals surface area contributed by atoms with Gasteiger partial charge in [0.1, 0.15) is 0 Å². The summed E-state index contributed by atoms with van der Waals surface area (Å²) < 4.78 is 11.0. The second-order valence-corrected chi connectivity index (χ2v) is 7.70. The van der Waals surface area contributed by atoms with E-state index in [1.807, 2.05) is 26.8 Å². The highest BCUT2D eigenvalue weighted by Gasteiger charge is 2.38. The van der Waals surface area contributed by atoms with Crippen molar-refractivity contribution in [2.45, 2.75) is 46.5 Å². The molecule has 1 aromatic heterocycles. The minimum atomic E-state index is -0.559. The molecular weight excluding hydrogens is 413 g/mol. The van der Waals surface area contributed by atoms with Crippen LogP contribution in [0, 0.1) is 6.92 Å². The number of nitrogens with one attached hydrogen (secondary N) is 1. The van der Waals surface area contributed by atoms with Crippen LogP contribution in [-0.4, -0.2) is 22.7 Å². The number of aromatic nitrogens is 2. The van der Waals surface area contributed by atoms with E-state index in [0.717, 1.165) is 18.5 Å². The van der Waals surface area contributed by atoms with Gasteiger partial charge in [0.15, 0.2) is 5.82 Å². The second-order valence-electron chi connectivity index (χ2n) is 6.91. The van der Waals surface area contributed by atoms with E-state index in [0.29, 0.717) is 50.8 Å². The van der Waals surface area contributed by atoms with Crippen molar-refractivity contribution in [2.75, 3.05) is 6.61 Å². The molecule has 154 valence electrons. The number of benzene rings is 1. The van der Waals surface area contributed by atoms with E-state index in [1.165, 1.54) is 0 Å². The Kier molecular flexibility index (Phi) is 6.65. The zero-order valence-electron chi connectivity index (χ0n) is 16.8. The van der Waals surface area contributed by atoms with Crippen molar-refractivity contribution in [1.29, 1.82) is 0 Å². The van der Waals surface area contributed by atoms with Gasteiger partial charge < -0.3 is 14.6 Å². The van der Waals surface area contributed by atoms with Gasteiger partial charge >= 0.3 is 5.97 Å². The van der Waals surface area contributed by atoms with Crippen LogP contribution in [-0.2, 0) is 9.53 Å². The third-order valence-electron chi connectivity index (χ3n) is 4.76. The summed E-state index contributed by atoms with van der Waals surface area (Å²) in [6, 6.07) is 5.34. The summed E-state index contributed by atoms with van der Waals surface area (Å²) in [5.41, 5.74) is 3.26. The SMILES string of the molecule is CCCCOC(=O)C1=C(C)NC(C)=C(c2nc(C)no2)C1c1cccc(Cl)c1Cl. The van der Waals surface area contributed by atoms with Crippen LogP contribution in [0.1, 0.15) is 56.8 Å². The summed E-state index contributed by atoms with van der Waals surface area (Å²) in [7, 11) is 0. The molecule has 1 N–H and O–H groups in total. The highest BCUT2D eigenvalue weighted by atomic mass is 35.5. The third kappa shape index (κ3) is 4.33. The Labute approximate surface area is 179 Å². The Hall–Kier alpha value is -2.31. The molecule has 0 saturated carbocycles. The van der Waals surface area contributed by atoms with Gasteiger partial charge in [0.25, 0.3) is 5.89 Å². The fourth-order valence-corrected chi connectivity index (χ4v) is 3.81. The molecule has 1 unspecified atom stereocenters. The predicted octanol–water partition coefficient (Wildman–Crippen LogP) is 5.42. The molecule has 0 fully saturated rings. The van der Waals surface area contributed by atoms with Crippen molar-refractivity contribution in [2.24, 2.45) is 0 Å². The zero-order chi connectivity index (χ0) is 21.1. The van der Waals surface area contributed by atoms with Gasteiger partial charge in [-0.1, -0.05) is 53.8 Å². The van der Waals surface area contributed by atoms with Crippen LogP contribution >= 0.6 is 23.2 Å². The van der Waals surface area contributed by atoms with E-state index < -0.39 is 11.9 Å². The van der Waals surface area contributed by atoms with Gasteiger partial charge in [-0.2, -0.15) is 4.98 Å². The predicted molar refractivity (Wildman–Crippen MR) is 113 cm³/mol. The number of hydrogen-bond acceptors (Lipinski definition) is 6. The Morgan fingerprint density at radius 2 is 2.00 bits per heavy atom. The van der Waals surface area contributed by atoms with Crippen LogP contribution in [0.25, 0.3) is 5.57 Å². The first-order valence-electron chi connectivity index (χ1n) is 9.45. The highest BCUT2D eigenvalue weighted by molar-refractivity contribution is 6.42. The number of halogens is 2. The minimum Gasteiger partial charge on any atom is -0.462 e. The molecule has 2 aromatic rings. The molecule has 1 aromatic carbocycles. The van der Waals surface area contributed by atoms with Crippen molar-refractivity contribution < 1.29 is 14.1 Å². The van der Waals surface area contributed by atoms with Crippen molar-refractivity contribution in [3.8, 4) is 0 Å². The first-order valence-corrected chi connectivity index (χ1v) is 10.2. The molecule has 0 spiro atoms. The van der Waals surface area contributed by atoms with E-state index >= 15 is 0 Å². The quantitative estimate of drug-likeness (QED) is 0.481. The maximum atomic E-state index is 13.1. The molecule has 1 atom stereocenters. The summed E-state index contributed by atoms with van der Waals surface area (Å²) in [6.07, 6.45) is 1.72. The van der Waals surface area contributed by atoms with E-state index in [9.17, 15) is 4.79 Å². The van der Waals surface area contributed by atoms with Crippen LogP contribution in [0.5, 0.6) is 0 Å². The summed E-state index contributed by atoms with van der Waals surface area (Å²) in [6.45, 7) is 7.85. The van der Waals surface area contributed by atoms with Gasteiger partial charge in [-0.25, -0.2) is 4.79 Å². The van der Waals surface area contributed by atoms with Crippen LogP contribution in [0.15, 0.2) is 39.7 Å². The van der Waals surface area contributed by atoms with Crippen LogP contribution in [0.3, 0.4) is 0 Å². The van der Waals surface area contributed by atoms with Crippen molar-refractivity contribution >= 4 is 34.7 Å². The molecule has 1 aliphatic rings. The first kappa shape index (κ1) is 21.4. The number of allylic oxidation sites excluding steroid dienone is 3. The Morgan fingerprint density at radius 1 is 1.24 bits per heavy atom. The maximum absolute atomic E-state index is 13.1. The summed E-state index contributed by atoms with van der Waals surface area (Å²) in [5, 5.41) is 7.92. The lowest BCUT2D eigenvalue weighted by atomic mass is 9.80. The fourth-order valence-electron chi connectivity index (χ4n) is 3.40.